The van der Waals surface area contributed by atoms with Crippen LogP contribution in [0.15, 0.2) is 115 Å². The number of hydrogen-bond donors (Lipinski definition) is 0. The maximum absolute atomic E-state index is 2.65. The van der Waals surface area contributed by atoms with Crippen LogP contribution in [0.5, 0.6) is 0 Å². The molecule has 1 spiro atoms. The normalized spacial score (nSPS) is 27.8. The highest BCUT2D eigenvalue weighted by molar-refractivity contribution is 5.98. The molecule has 0 N–H and O–H groups in total. The van der Waals surface area contributed by atoms with E-state index >= 15 is 0 Å². The number of benzene rings is 5. The van der Waals surface area contributed by atoms with Gasteiger partial charge in [0.25, 0.3) is 0 Å². The van der Waals surface area contributed by atoms with Crippen LogP contribution in [-0.2, 0) is 16.2 Å². The molecule has 0 aliphatic heterocycles. The number of para-hydroxylation sites is 1. The molecule has 4 bridgehead atoms. The number of rotatable bonds is 4. The van der Waals surface area contributed by atoms with Gasteiger partial charge in [-0.05, 0) is 155 Å². The summed E-state index contributed by atoms with van der Waals surface area (Å²) in [5.74, 6) is 3.29. The van der Waals surface area contributed by atoms with Crippen LogP contribution in [0.2, 0.25) is 0 Å². The van der Waals surface area contributed by atoms with Gasteiger partial charge in [-0.25, -0.2) is 0 Å². The predicted octanol–water partition coefficient (Wildman–Crippen LogP) is 12.9. The van der Waals surface area contributed by atoms with Crippen molar-refractivity contribution in [1.29, 1.82) is 0 Å². The molecule has 246 valence electrons. The molecule has 0 saturated heterocycles. The van der Waals surface area contributed by atoms with Crippen molar-refractivity contribution in [3.05, 3.63) is 138 Å². The van der Waals surface area contributed by atoms with Crippen LogP contribution in [0.4, 0.5) is 17.1 Å². The summed E-state index contributed by atoms with van der Waals surface area (Å²) in [5, 5.41) is 0. The standard InChI is InChI=1S/C48H49N/c1-46(2)21-22-47(3,4)42-30-38(19-20-41(42)46)49(37-15-9-6-10-16-37)44-29-34(33-13-7-5-8-14-33)28-43-45(44)39-17-11-12-18-40(39)48(43)35-24-31-23-32(26-35)27-36(48)25-31/h5-20,28-32,35-36H,21-27H2,1-4H3. The van der Waals surface area contributed by atoms with Crippen molar-refractivity contribution in [3.63, 3.8) is 0 Å². The lowest BCUT2D eigenvalue weighted by Gasteiger charge is -2.61. The molecule has 0 atom stereocenters. The molecule has 0 amide bonds. The average molecular weight is 640 g/mol. The minimum Gasteiger partial charge on any atom is -0.310 e. The molecule has 1 nitrogen and oxygen atoms in total. The fourth-order valence-electron chi connectivity index (χ4n) is 11.9. The Balaban J connectivity index is 1.29. The SMILES string of the molecule is CC1(C)CCC(C)(C)c2cc(N(c3ccccc3)c3cc(-c4ccccc4)cc4c3-c3ccccc3C43C4CC5CC(C4)CC3C5)ccc21. The second kappa shape index (κ2) is 10.5. The molecule has 0 radical (unpaired) electrons. The zero-order valence-corrected chi connectivity index (χ0v) is 29.7. The summed E-state index contributed by atoms with van der Waals surface area (Å²) >= 11 is 0. The highest BCUT2D eigenvalue weighted by atomic mass is 15.1. The first-order chi connectivity index (χ1) is 23.7. The lowest BCUT2D eigenvalue weighted by atomic mass is 9.43. The highest BCUT2D eigenvalue weighted by Gasteiger charge is 2.62. The van der Waals surface area contributed by atoms with Crippen molar-refractivity contribution in [2.24, 2.45) is 23.7 Å². The zero-order chi connectivity index (χ0) is 33.1. The highest BCUT2D eigenvalue weighted by Crippen LogP contribution is 2.70. The Hall–Kier alpha value is -4.10. The molecule has 0 heterocycles. The van der Waals surface area contributed by atoms with Crippen LogP contribution in [0.25, 0.3) is 22.3 Å². The van der Waals surface area contributed by atoms with Crippen molar-refractivity contribution in [3.8, 4) is 22.3 Å². The number of hydrogen-bond acceptors (Lipinski definition) is 1. The van der Waals surface area contributed by atoms with Crippen molar-refractivity contribution in [2.45, 2.75) is 88.9 Å². The Labute approximate surface area is 293 Å². The molecule has 0 aromatic heterocycles. The molecule has 0 unspecified atom stereocenters. The van der Waals surface area contributed by atoms with E-state index in [1.54, 1.807) is 11.1 Å². The number of anilines is 3. The molecule has 49 heavy (non-hydrogen) atoms. The van der Waals surface area contributed by atoms with Crippen molar-refractivity contribution >= 4 is 17.1 Å². The molecule has 5 aromatic carbocycles. The van der Waals surface area contributed by atoms with Crippen molar-refractivity contribution in [2.75, 3.05) is 4.90 Å². The van der Waals surface area contributed by atoms with Crippen LogP contribution in [0.1, 0.15) is 94.9 Å². The van der Waals surface area contributed by atoms with E-state index < -0.39 is 0 Å². The van der Waals surface area contributed by atoms with E-state index in [1.165, 1.54) is 95.4 Å². The minimum absolute atomic E-state index is 0.100. The maximum atomic E-state index is 2.65. The van der Waals surface area contributed by atoms with Gasteiger partial charge in [0.15, 0.2) is 0 Å². The molecule has 5 aromatic rings. The van der Waals surface area contributed by atoms with E-state index in [0.717, 1.165) is 23.7 Å². The van der Waals surface area contributed by atoms with E-state index in [2.05, 4.69) is 148 Å². The quantitative estimate of drug-likeness (QED) is 0.189. The van der Waals surface area contributed by atoms with Gasteiger partial charge in [0.1, 0.15) is 0 Å². The van der Waals surface area contributed by atoms with E-state index in [9.17, 15) is 0 Å². The minimum atomic E-state index is 0.100. The summed E-state index contributed by atoms with van der Waals surface area (Å²) in [7, 11) is 0. The largest absolute Gasteiger partial charge is 0.310 e. The third kappa shape index (κ3) is 4.24. The van der Waals surface area contributed by atoms with Gasteiger partial charge in [0.2, 0.25) is 0 Å². The van der Waals surface area contributed by atoms with Gasteiger partial charge in [-0.2, -0.15) is 0 Å². The van der Waals surface area contributed by atoms with Crippen molar-refractivity contribution in [1.82, 2.24) is 0 Å². The molecule has 4 fully saturated rings. The van der Waals surface area contributed by atoms with Gasteiger partial charge in [-0.3, -0.25) is 0 Å². The second-order valence-electron chi connectivity index (χ2n) is 17.7. The van der Waals surface area contributed by atoms with E-state index in [-0.39, 0.29) is 16.2 Å². The van der Waals surface area contributed by atoms with Gasteiger partial charge in [0.05, 0.1) is 5.69 Å². The van der Waals surface area contributed by atoms with Gasteiger partial charge >= 0.3 is 0 Å². The van der Waals surface area contributed by atoms with Gasteiger partial charge in [-0.1, -0.05) is 107 Å². The summed E-state index contributed by atoms with van der Waals surface area (Å²) in [5.41, 5.74) is 16.1. The molecular weight excluding hydrogens is 591 g/mol. The fourth-order valence-corrected chi connectivity index (χ4v) is 11.9. The molecule has 6 aliphatic rings. The van der Waals surface area contributed by atoms with E-state index in [4.69, 9.17) is 0 Å². The first-order valence-corrected chi connectivity index (χ1v) is 19.1. The summed E-state index contributed by atoms with van der Waals surface area (Å²) in [6.45, 7) is 9.79. The third-order valence-electron chi connectivity index (χ3n) is 14.1. The zero-order valence-electron chi connectivity index (χ0n) is 29.7. The monoisotopic (exact) mass is 639 g/mol. The predicted molar refractivity (Wildman–Crippen MR) is 205 cm³/mol. The van der Waals surface area contributed by atoms with Crippen LogP contribution < -0.4 is 4.90 Å². The number of nitrogens with zero attached hydrogens (tertiary/aromatic N) is 1. The summed E-state index contributed by atoms with van der Waals surface area (Å²) in [6.07, 6.45) is 9.48. The Morgan fingerprint density at radius 2 is 1.10 bits per heavy atom. The Morgan fingerprint density at radius 3 is 1.80 bits per heavy atom. The second-order valence-corrected chi connectivity index (χ2v) is 17.7. The van der Waals surface area contributed by atoms with Crippen LogP contribution in [0, 0.1) is 23.7 Å². The van der Waals surface area contributed by atoms with E-state index in [0.29, 0.717) is 0 Å². The van der Waals surface area contributed by atoms with E-state index in [1.807, 2.05) is 0 Å². The van der Waals surface area contributed by atoms with Crippen LogP contribution >= 0.6 is 0 Å². The maximum Gasteiger partial charge on any atom is 0.0549 e. The van der Waals surface area contributed by atoms with Crippen LogP contribution in [0.3, 0.4) is 0 Å². The molecule has 11 rings (SSSR count). The third-order valence-corrected chi connectivity index (χ3v) is 14.1. The Kier molecular flexibility index (Phi) is 6.36. The first-order valence-electron chi connectivity index (χ1n) is 19.1. The average Bonchev–Trinajstić information content (AvgIpc) is 3.41. The van der Waals surface area contributed by atoms with Crippen molar-refractivity contribution < 1.29 is 0 Å². The molecule has 1 heteroatoms. The van der Waals surface area contributed by atoms with Gasteiger partial charge in [0, 0.05) is 22.4 Å². The summed E-state index contributed by atoms with van der Waals surface area (Å²) in [6, 6.07) is 44.6. The smallest absolute Gasteiger partial charge is 0.0549 e. The summed E-state index contributed by atoms with van der Waals surface area (Å²) in [4.78, 5) is 2.62. The van der Waals surface area contributed by atoms with Crippen LogP contribution in [-0.4, -0.2) is 0 Å². The molecular formula is C48H49N. The summed E-state index contributed by atoms with van der Waals surface area (Å²) < 4.78 is 0. The van der Waals surface area contributed by atoms with Gasteiger partial charge < -0.3 is 4.90 Å². The first kappa shape index (κ1) is 29.8. The number of fused-ring (bicyclic) bond motifs is 4. The lowest BCUT2D eigenvalue weighted by Crippen LogP contribution is -2.55. The lowest BCUT2D eigenvalue weighted by molar-refractivity contribution is -0.0399. The fraction of sp³-hybridized carbons (Fsp3) is 0.375. The Bertz CT molecular complexity index is 2060. The van der Waals surface area contributed by atoms with Gasteiger partial charge in [-0.15, -0.1) is 0 Å². The molecule has 6 aliphatic carbocycles. The Morgan fingerprint density at radius 1 is 0.490 bits per heavy atom. The topological polar surface area (TPSA) is 3.24 Å². The molecule has 4 saturated carbocycles.